The number of carbonyl (C=O) groups excluding carboxylic acids is 1. The van der Waals surface area contributed by atoms with Gasteiger partial charge in [-0.3, -0.25) is 4.79 Å². The van der Waals surface area contributed by atoms with E-state index in [0.717, 1.165) is 0 Å². The zero-order chi connectivity index (χ0) is 10.7. The molecule has 0 saturated heterocycles. The normalized spacial score (nSPS) is 12.4. The van der Waals surface area contributed by atoms with Gasteiger partial charge in [0.15, 0.2) is 0 Å². The molecule has 0 unspecified atom stereocenters. The van der Waals surface area contributed by atoms with E-state index in [9.17, 15) is 4.79 Å². The first-order valence-corrected chi connectivity index (χ1v) is 7.44. The Labute approximate surface area is 82.1 Å². The fourth-order valence-corrected chi connectivity index (χ4v) is 1.56. The summed E-state index contributed by atoms with van der Waals surface area (Å²) in [6, 6.07) is 0. The molecule has 0 fully saturated rings. The van der Waals surface area contributed by atoms with Crippen molar-refractivity contribution in [2.45, 2.75) is 45.3 Å². The third-order valence-electron chi connectivity index (χ3n) is 2.49. The van der Waals surface area contributed by atoms with Crippen molar-refractivity contribution in [3.8, 4) is 0 Å². The van der Waals surface area contributed by atoms with Gasteiger partial charge in [-0.25, -0.2) is 0 Å². The van der Waals surface area contributed by atoms with Gasteiger partial charge in [0.1, 0.15) is 0 Å². The molecule has 2 nitrogen and oxygen atoms in total. The molecule has 0 spiro atoms. The average Bonchev–Trinajstić information content (AvgIpc) is 1.83. The molecular weight excluding hydrogens is 180 g/mol. The highest BCUT2D eigenvalue weighted by Gasteiger charge is 2.39. The van der Waals surface area contributed by atoms with Crippen LogP contribution in [0.3, 0.4) is 0 Å². The van der Waals surface area contributed by atoms with Crippen LogP contribution in [0.4, 0.5) is 0 Å². The first-order valence-electron chi connectivity index (χ1n) is 4.53. The molecule has 0 saturated carbocycles. The molecular formula is C10H20O2Si. The maximum atomic E-state index is 11.2. The number of carbonyl (C=O) groups is 1. The van der Waals surface area contributed by atoms with Gasteiger partial charge < -0.3 is 4.43 Å². The molecule has 0 aliphatic rings. The Hall–Kier alpha value is -0.573. The Balaban J connectivity index is 4.33. The highest BCUT2D eigenvalue weighted by atomic mass is 28.4. The van der Waals surface area contributed by atoms with E-state index in [-0.39, 0.29) is 11.0 Å². The molecule has 0 amide bonds. The minimum Gasteiger partial charge on any atom is -0.519 e. The Morgan fingerprint density at radius 1 is 1.46 bits per heavy atom. The van der Waals surface area contributed by atoms with Crippen LogP contribution in [0.15, 0.2) is 12.7 Å². The summed E-state index contributed by atoms with van der Waals surface area (Å²) >= 11 is 0. The molecule has 0 N–H and O–H groups in total. The van der Waals surface area contributed by atoms with Gasteiger partial charge in [0.25, 0.3) is 14.3 Å². The first kappa shape index (κ1) is 12.4. The van der Waals surface area contributed by atoms with Crippen LogP contribution in [0.1, 0.15) is 27.2 Å². The zero-order valence-corrected chi connectivity index (χ0v) is 10.3. The summed E-state index contributed by atoms with van der Waals surface area (Å²) in [7, 11) is -1.90. The maximum Gasteiger partial charge on any atom is 0.296 e. The topological polar surface area (TPSA) is 26.3 Å². The van der Waals surface area contributed by atoms with Crippen molar-refractivity contribution in [1.82, 2.24) is 0 Å². The van der Waals surface area contributed by atoms with E-state index < -0.39 is 8.32 Å². The second kappa shape index (κ2) is 4.09. The highest BCUT2D eigenvalue weighted by Crippen LogP contribution is 2.36. The summed E-state index contributed by atoms with van der Waals surface area (Å²) in [4.78, 5) is 11.2. The minimum atomic E-state index is -1.90. The van der Waals surface area contributed by atoms with Crippen LogP contribution in [0, 0.1) is 0 Å². The average molecular weight is 200 g/mol. The minimum absolute atomic E-state index is 0.0871. The molecule has 0 heterocycles. The Morgan fingerprint density at radius 3 is 2.23 bits per heavy atom. The van der Waals surface area contributed by atoms with Crippen molar-refractivity contribution in [3.05, 3.63) is 12.7 Å². The van der Waals surface area contributed by atoms with Crippen LogP contribution in [0.5, 0.6) is 0 Å². The summed E-state index contributed by atoms with van der Waals surface area (Å²) in [5.41, 5.74) is 0. The van der Waals surface area contributed by atoms with Crippen molar-refractivity contribution in [3.63, 3.8) is 0 Å². The lowest BCUT2D eigenvalue weighted by molar-refractivity contribution is -0.134. The predicted octanol–water partition coefficient (Wildman–Crippen LogP) is 3.11. The molecule has 0 aromatic carbocycles. The summed E-state index contributed by atoms with van der Waals surface area (Å²) in [5, 5.41) is 0.0871. The van der Waals surface area contributed by atoms with E-state index in [1.807, 2.05) is 0 Å². The molecule has 0 atom stereocenters. The maximum absolute atomic E-state index is 11.2. The van der Waals surface area contributed by atoms with E-state index >= 15 is 0 Å². The Bertz CT molecular complexity index is 201. The standard InChI is InChI=1S/C10H20O2Si/c1-7-8-9(11)12-13(5,6)10(2,3)4/h7H,1,8H2,2-6H3. The molecule has 0 aromatic rings. The van der Waals surface area contributed by atoms with Crippen LogP contribution in [-0.2, 0) is 9.22 Å². The molecule has 13 heavy (non-hydrogen) atoms. The molecule has 3 heteroatoms. The number of hydrogen-bond acceptors (Lipinski definition) is 2. The third-order valence-corrected chi connectivity index (χ3v) is 6.84. The second-order valence-corrected chi connectivity index (χ2v) is 9.45. The lowest BCUT2D eigenvalue weighted by atomic mass is 10.2. The molecule has 0 rings (SSSR count). The van der Waals surface area contributed by atoms with Crippen molar-refractivity contribution in [2.75, 3.05) is 0 Å². The van der Waals surface area contributed by atoms with Crippen LogP contribution in [0.25, 0.3) is 0 Å². The van der Waals surface area contributed by atoms with E-state index in [1.165, 1.54) is 0 Å². The van der Waals surface area contributed by atoms with Gasteiger partial charge in [-0.1, -0.05) is 26.8 Å². The van der Waals surface area contributed by atoms with Gasteiger partial charge in [-0.2, -0.15) is 0 Å². The Morgan fingerprint density at radius 2 is 1.92 bits per heavy atom. The quantitative estimate of drug-likeness (QED) is 0.517. The van der Waals surface area contributed by atoms with Crippen LogP contribution in [0.2, 0.25) is 18.1 Å². The number of rotatable bonds is 3. The van der Waals surface area contributed by atoms with E-state index in [2.05, 4.69) is 40.4 Å². The van der Waals surface area contributed by atoms with Gasteiger partial charge >= 0.3 is 0 Å². The largest absolute Gasteiger partial charge is 0.519 e. The summed E-state index contributed by atoms with van der Waals surface area (Å²) in [6.07, 6.45) is 1.89. The molecule has 0 bridgehead atoms. The van der Waals surface area contributed by atoms with Crippen molar-refractivity contribution in [1.29, 1.82) is 0 Å². The molecule has 0 aromatic heterocycles. The van der Waals surface area contributed by atoms with Crippen molar-refractivity contribution < 1.29 is 9.22 Å². The lowest BCUT2D eigenvalue weighted by Crippen LogP contribution is -2.42. The molecule has 76 valence electrons. The van der Waals surface area contributed by atoms with Crippen LogP contribution in [-0.4, -0.2) is 14.3 Å². The third kappa shape index (κ3) is 3.76. The highest BCUT2D eigenvalue weighted by molar-refractivity contribution is 6.75. The lowest BCUT2D eigenvalue weighted by Gasteiger charge is -2.35. The predicted molar refractivity (Wildman–Crippen MR) is 58.1 cm³/mol. The van der Waals surface area contributed by atoms with Gasteiger partial charge in [-0.15, -0.1) is 6.58 Å². The van der Waals surface area contributed by atoms with Crippen LogP contribution < -0.4 is 0 Å². The van der Waals surface area contributed by atoms with E-state index in [4.69, 9.17) is 4.43 Å². The summed E-state index contributed by atoms with van der Waals surface area (Å²) in [5.74, 6) is -0.151. The van der Waals surface area contributed by atoms with E-state index in [0.29, 0.717) is 6.42 Å². The fraction of sp³-hybridized carbons (Fsp3) is 0.700. The van der Waals surface area contributed by atoms with Gasteiger partial charge in [0.2, 0.25) is 0 Å². The fourth-order valence-electron chi connectivity index (χ4n) is 0.597. The summed E-state index contributed by atoms with van der Waals surface area (Å²) < 4.78 is 5.47. The van der Waals surface area contributed by atoms with Crippen molar-refractivity contribution >= 4 is 14.3 Å². The Kier molecular flexibility index (Phi) is 3.91. The van der Waals surface area contributed by atoms with Gasteiger partial charge in [0.05, 0.1) is 6.42 Å². The monoisotopic (exact) mass is 200 g/mol. The first-order chi connectivity index (χ1) is 5.70. The summed E-state index contributed by atoms with van der Waals surface area (Å²) in [6.45, 7) is 14.0. The molecule has 0 radical (unpaired) electrons. The van der Waals surface area contributed by atoms with Gasteiger partial charge in [0, 0.05) is 0 Å². The van der Waals surface area contributed by atoms with Gasteiger partial charge in [-0.05, 0) is 18.1 Å². The smallest absolute Gasteiger partial charge is 0.296 e. The molecule has 0 aliphatic heterocycles. The SMILES string of the molecule is C=CCC(=O)O[Si](C)(C)C(C)(C)C. The zero-order valence-electron chi connectivity index (χ0n) is 9.31. The molecule has 0 aliphatic carbocycles. The van der Waals surface area contributed by atoms with E-state index in [1.54, 1.807) is 6.08 Å². The van der Waals surface area contributed by atoms with Crippen molar-refractivity contribution in [2.24, 2.45) is 0 Å². The number of hydrogen-bond donors (Lipinski definition) is 0. The second-order valence-electron chi connectivity index (χ2n) is 4.73. The van der Waals surface area contributed by atoms with Crippen LogP contribution >= 0.6 is 0 Å².